The molecule has 1 aliphatic rings. The van der Waals surface area contributed by atoms with Crippen LogP contribution in [-0.4, -0.2) is 45.3 Å². The Kier molecular flexibility index (Phi) is 6.94. The number of methoxy groups -OCH3 is 1. The molecule has 0 radical (unpaired) electrons. The molecule has 1 aliphatic heterocycles. The van der Waals surface area contributed by atoms with Crippen molar-refractivity contribution in [1.82, 2.24) is 0 Å². The van der Waals surface area contributed by atoms with Gasteiger partial charge in [-0.05, 0) is 38.1 Å². The Morgan fingerprint density at radius 2 is 1.89 bits per heavy atom. The second kappa shape index (κ2) is 9.05. The topological polar surface area (TPSA) is 65.0 Å². The summed E-state index contributed by atoms with van der Waals surface area (Å²) in [5.74, 6) is 0.877. The largest absolute Gasteiger partial charge is 0.497 e. The molecule has 0 saturated carbocycles. The highest BCUT2D eigenvalue weighted by Gasteiger charge is 2.46. The van der Waals surface area contributed by atoms with Crippen LogP contribution in [0.15, 0.2) is 53.4 Å². The summed E-state index contributed by atoms with van der Waals surface area (Å²) in [5, 5.41) is 10.7. The Labute approximate surface area is 176 Å². The van der Waals surface area contributed by atoms with Crippen molar-refractivity contribution in [2.24, 2.45) is 0 Å². The number of aryl methyl sites for hydroxylation is 1. The van der Waals surface area contributed by atoms with Crippen molar-refractivity contribution in [3.05, 3.63) is 59.7 Å². The minimum Gasteiger partial charge on any atom is -0.497 e. The van der Waals surface area contributed by atoms with Gasteiger partial charge in [-0.3, -0.25) is 4.21 Å². The van der Waals surface area contributed by atoms with Crippen molar-refractivity contribution in [2.75, 3.05) is 19.5 Å². The van der Waals surface area contributed by atoms with Gasteiger partial charge in [-0.25, -0.2) is 0 Å². The van der Waals surface area contributed by atoms with Crippen LogP contribution in [0.1, 0.15) is 24.3 Å². The first-order valence-electron chi connectivity index (χ1n) is 9.03. The zero-order chi connectivity index (χ0) is 20.3. The fourth-order valence-corrected chi connectivity index (χ4v) is 4.87. The molecule has 0 aliphatic carbocycles. The molecule has 0 aromatic heterocycles. The Hall–Kier alpha value is -1.25. The third kappa shape index (κ3) is 4.83. The maximum Gasteiger partial charge on any atom is 0.184 e. The molecule has 2 aromatic carbocycles. The summed E-state index contributed by atoms with van der Waals surface area (Å²) in [6.07, 6.45) is -1.38. The van der Waals surface area contributed by atoms with Crippen LogP contribution < -0.4 is 4.74 Å². The molecule has 1 N–H and O–H groups in total. The molecule has 3 rings (SSSR count). The fraction of sp³-hybridized carbons (Fsp3) is 0.429. The van der Waals surface area contributed by atoms with Gasteiger partial charge < -0.3 is 19.3 Å². The lowest BCUT2D eigenvalue weighted by Crippen LogP contribution is -2.46. The van der Waals surface area contributed by atoms with Crippen molar-refractivity contribution in [1.29, 1.82) is 0 Å². The number of halogens is 1. The van der Waals surface area contributed by atoms with E-state index in [0.29, 0.717) is 11.5 Å². The normalized spacial score (nSPS) is 25.2. The van der Waals surface area contributed by atoms with Crippen LogP contribution in [0.4, 0.5) is 0 Å². The average Bonchev–Trinajstić information content (AvgIpc) is 3.11. The van der Waals surface area contributed by atoms with Gasteiger partial charge in [0.05, 0.1) is 41.2 Å². The first-order valence-corrected chi connectivity index (χ1v) is 11.3. The third-order valence-electron chi connectivity index (χ3n) is 4.81. The minimum atomic E-state index is -1.30. The van der Waals surface area contributed by atoms with E-state index in [2.05, 4.69) is 15.9 Å². The summed E-state index contributed by atoms with van der Waals surface area (Å²) in [4.78, 5) is 0.270. The molecular formula is C21H25BrO5S. The zero-order valence-electron chi connectivity index (χ0n) is 16.1. The van der Waals surface area contributed by atoms with Crippen LogP contribution in [0.5, 0.6) is 5.75 Å². The highest BCUT2D eigenvalue weighted by atomic mass is 79.9. The summed E-state index contributed by atoms with van der Waals surface area (Å²) >= 11 is 3.55. The third-order valence-corrected chi connectivity index (χ3v) is 7.83. The minimum absolute atomic E-state index is 0.116. The molecule has 1 unspecified atom stereocenters. The standard InChI is InChI=1S/C21H25BrO5S/c1-14-4-10-17(11-5-14)28(24)12-18(23)19(22)21(2)13-26-20(27-21)15-6-8-16(25-3)9-7-15/h4-11,18-20,23H,12-13H2,1-3H3/t18-,19+,20?,21+,28-/m1/s1. The summed E-state index contributed by atoms with van der Waals surface area (Å²) in [6, 6.07) is 15.0. The number of rotatable bonds is 7. The Bertz CT molecular complexity index is 811. The summed E-state index contributed by atoms with van der Waals surface area (Å²) in [5.41, 5.74) is 1.23. The molecule has 0 amide bonds. The Morgan fingerprint density at radius 3 is 2.50 bits per heavy atom. The van der Waals surface area contributed by atoms with Crippen LogP contribution in [0, 0.1) is 6.92 Å². The number of ether oxygens (including phenoxy) is 3. The number of hydrogen-bond donors (Lipinski definition) is 1. The van der Waals surface area contributed by atoms with Gasteiger partial charge in [0, 0.05) is 10.5 Å². The van der Waals surface area contributed by atoms with E-state index in [0.717, 1.165) is 16.9 Å². The van der Waals surface area contributed by atoms with Crippen LogP contribution in [0.25, 0.3) is 0 Å². The molecule has 1 fully saturated rings. The van der Waals surface area contributed by atoms with Crippen LogP contribution in [0.3, 0.4) is 0 Å². The van der Waals surface area contributed by atoms with Gasteiger partial charge in [0.1, 0.15) is 11.4 Å². The lowest BCUT2D eigenvalue weighted by atomic mass is 10.00. The Morgan fingerprint density at radius 1 is 1.25 bits per heavy atom. The fourth-order valence-electron chi connectivity index (χ4n) is 3.06. The molecule has 7 heteroatoms. The van der Waals surface area contributed by atoms with Crippen molar-refractivity contribution >= 4 is 26.7 Å². The highest BCUT2D eigenvalue weighted by molar-refractivity contribution is 9.09. The van der Waals surface area contributed by atoms with Gasteiger partial charge in [0.2, 0.25) is 0 Å². The number of hydrogen-bond acceptors (Lipinski definition) is 5. The molecule has 152 valence electrons. The lowest BCUT2D eigenvalue weighted by molar-refractivity contribution is -0.0928. The molecule has 5 nitrogen and oxygen atoms in total. The maximum absolute atomic E-state index is 12.6. The average molecular weight is 469 g/mol. The van der Waals surface area contributed by atoms with E-state index in [1.807, 2.05) is 62.4 Å². The molecule has 1 heterocycles. The smallest absolute Gasteiger partial charge is 0.184 e. The highest BCUT2D eigenvalue weighted by Crippen LogP contribution is 2.39. The monoisotopic (exact) mass is 468 g/mol. The number of aliphatic hydroxyl groups is 1. The van der Waals surface area contributed by atoms with Gasteiger partial charge in [-0.2, -0.15) is 0 Å². The number of aliphatic hydroxyl groups excluding tert-OH is 1. The van der Waals surface area contributed by atoms with E-state index in [1.165, 1.54) is 0 Å². The van der Waals surface area contributed by atoms with E-state index < -0.39 is 33.6 Å². The maximum atomic E-state index is 12.6. The number of alkyl halides is 1. The van der Waals surface area contributed by atoms with E-state index in [4.69, 9.17) is 14.2 Å². The predicted molar refractivity (Wildman–Crippen MR) is 112 cm³/mol. The second-order valence-electron chi connectivity index (χ2n) is 7.14. The quantitative estimate of drug-likeness (QED) is 0.626. The van der Waals surface area contributed by atoms with Gasteiger partial charge in [-0.1, -0.05) is 45.8 Å². The van der Waals surface area contributed by atoms with Crippen molar-refractivity contribution < 1.29 is 23.5 Å². The van der Waals surface area contributed by atoms with E-state index in [-0.39, 0.29) is 5.75 Å². The van der Waals surface area contributed by atoms with Gasteiger partial charge >= 0.3 is 0 Å². The molecular weight excluding hydrogens is 444 g/mol. The van der Waals surface area contributed by atoms with Gasteiger partial charge in [-0.15, -0.1) is 0 Å². The van der Waals surface area contributed by atoms with Crippen molar-refractivity contribution in [3.63, 3.8) is 0 Å². The Balaban J connectivity index is 1.63. The van der Waals surface area contributed by atoms with Crippen LogP contribution in [-0.2, 0) is 20.3 Å². The number of benzene rings is 2. The predicted octanol–water partition coefficient (Wildman–Crippen LogP) is 3.74. The zero-order valence-corrected chi connectivity index (χ0v) is 18.5. The second-order valence-corrected chi connectivity index (χ2v) is 9.62. The van der Waals surface area contributed by atoms with Crippen LogP contribution >= 0.6 is 15.9 Å². The first kappa shape index (κ1) is 21.5. The molecule has 2 aromatic rings. The summed E-state index contributed by atoms with van der Waals surface area (Å²) in [6.45, 7) is 4.18. The van der Waals surface area contributed by atoms with E-state index >= 15 is 0 Å². The van der Waals surface area contributed by atoms with E-state index in [9.17, 15) is 9.32 Å². The first-order chi connectivity index (χ1) is 13.3. The molecule has 28 heavy (non-hydrogen) atoms. The summed E-state index contributed by atoms with van der Waals surface area (Å²) in [7, 11) is 0.318. The molecule has 0 bridgehead atoms. The summed E-state index contributed by atoms with van der Waals surface area (Å²) < 4.78 is 29.7. The van der Waals surface area contributed by atoms with Crippen molar-refractivity contribution in [2.45, 2.75) is 41.6 Å². The van der Waals surface area contributed by atoms with E-state index in [1.54, 1.807) is 7.11 Å². The van der Waals surface area contributed by atoms with Gasteiger partial charge in [0.25, 0.3) is 0 Å². The van der Waals surface area contributed by atoms with Crippen molar-refractivity contribution in [3.8, 4) is 5.75 Å². The molecule has 5 atom stereocenters. The van der Waals surface area contributed by atoms with Gasteiger partial charge in [0.15, 0.2) is 6.29 Å². The molecule has 0 spiro atoms. The van der Waals surface area contributed by atoms with Crippen LogP contribution in [0.2, 0.25) is 0 Å². The SMILES string of the molecule is COc1ccc(C2OC[C@@](C)([C@@H](Br)[C@H](O)C[S@@](=O)c3ccc(C)cc3)O2)cc1. The lowest BCUT2D eigenvalue weighted by Gasteiger charge is -2.31. The molecule has 1 saturated heterocycles.